The second kappa shape index (κ2) is 4.74. The lowest BCUT2D eigenvalue weighted by molar-refractivity contribution is 0.104. The predicted octanol–water partition coefficient (Wildman–Crippen LogP) is 2.03. The third kappa shape index (κ3) is 2.38. The van der Waals surface area contributed by atoms with Crippen LogP contribution in [-0.2, 0) is 10.3 Å². The van der Waals surface area contributed by atoms with Gasteiger partial charge in [0.1, 0.15) is 23.8 Å². The lowest BCUT2D eigenvalue weighted by atomic mass is 9.91. The van der Waals surface area contributed by atoms with Crippen molar-refractivity contribution >= 4 is 11.5 Å². The minimum absolute atomic E-state index is 0.262. The van der Waals surface area contributed by atoms with Gasteiger partial charge in [-0.1, -0.05) is 0 Å². The van der Waals surface area contributed by atoms with Gasteiger partial charge in [0.2, 0.25) is 0 Å². The number of anilines is 1. The molecule has 0 bridgehead atoms. The van der Waals surface area contributed by atoms with Gasteiger partial charge in [-0.25, -0.2) is 4.39 Å². The van der Waals surface area contributed by atoms with Crippen LogP contribution in [0, 0.1) is 5.82 Å². The van der Waals surface area contributed by atoms with Gasteiger partial charge < -0.3 is 15.4 Å². The van der Waals surface area contributed by atoms with Gasteiger partial charge in [0, 0.05) is 24.3 Å². The molecule has 1 aliphatic heterocycles. The maximum Gasteiger partial charge on any atom is 0.129 e. The highest BCUT2D eigenvalue weighted by Crippen LogP contribution is 2.35. The number of aliphatic imine (C=N–C) groups is 1. The molecule has 1 atom stereocenters. The molecule has 108 valence electrons. The van der Waals surface area contributed by atoms with Crippen LogP contribution in [0.1, 0.15) is 25.3 Å². The molecule has 0 saturated heterocycles. The molecule has 1 heterocycles. The van der Waals surface area contributed by atoms with Gasteiger partial charge in [0.15, 0.2) is 0 Å². The van der Waals surface area contributed by atoms with Gasteiger partial charge in [-0.15, -0.1) is 0 Å². The molecule has 0 aromatic heterocycles. The van der Waals surface area contributed by atoms with Gasteiger partial charge in [0.25, 0.3) is 0 Å². The predicted molar refractivity (Wildman–Crippen MR) is 77.6 cm³/mol. The summed E-state index contributed by atoms with van der Waals surface area (Å²) in [5.41, 5.74) is 6.57. The van der Waals surface area contributed by atoms with E-state index < -0.39 is 5.54 Å². The fourth-order valence-corrected chi connectivity index (χ4v) is 2.69. The second-order valence-electron chi connectivity index (χ2n) is 5.88. The first kappa shape index (κ1) is 13.4. The van der Waals surface area contributed by atoms with Gasteiger partial charge >= 0.3 is 0 Å². The normalized spacial score (nSPS) is 26.2. The van der Waals surface area contributed by atoms with Gasteiger partial charge in [-0.3, -0.25) is 4.99 Å². The zero-order valence-electron chi connectivity index (χ0n) is 11.9. The lowest BCUT2D eigenvalue weighted by Gasteiger charge is -2.31. The Bertz CT molecular complexity index is 556. The van der Waals surface area contributed by atoms with E-state index in [2.05, 4.69) is 9.89 Å². The van der Waals surface area contributed by atoms with E-state index >= 15 is 0 Å². The number of benzene rings is 1. The number of nitrogens with zero attached hydrogens (tertiary/aromatic N) is 2. The number of hydrogen-bond acceptors (Lipinski definition) is 4. The zero-order chi connectivity index (χ0) is 14.3. The smallest absolute Gasteiger partial charge is 0.129 e. The van der Waals surface area contributed by atoms with Crippen molar-refractivity contribution in [2.75, 3.05) is 25.2 Å². The molecule has 3 rings (SSSR count). The van der Waals surface area contributed by atoms with Crippen LogP contribution in [0.4, 0.5) is 10.1 Å². The number of nitrogens with two attached hydrogens (primary N) is 1. The summed E-state index contributed by atoms with van der Waals surface area (Å²) < 4.78 is 19.7. The van der Waals surface area contributed by atoms with E-state index in [9.17, 15) is 4.39 Å². The summed E-state index contributed by atoms with van der Waals surface area (Å²) in [6.07, 6.45) is 2.41. The molecule has 2 aliphatic rings. The summed E-state index contributed by atoms with van der Waals surface area (Å²) in [5.74, 6) is 0.154. The van der Waals surface area contributed by atoms with E-state index in [0.717, 1.165) is 5.69 Å². The molecule has 1 aromatic carbocycles. The van der Waals surface area contributed by atoms with Gasteiger partial charge in [-0.05, 0) is 38.0 Å². The van der Waals surface area contributed by atoms with Crippen molar-refractivity contribution in [2.45, 2.75) is 31.3 Å². The molecule has 0 amide bonds. The summed E-state index contributed by atoms with van der Waals surface area (Å²) in [7, 11) is 2.05. The summed E-state index contributed by atoms with van der Waals surface area (Å²) in [5, 5.41) is 0. The Balaban J connectivity index is 1.99. The first-order chi connectivity index (χ1) is 9.49. The van der Waals surface area contributed by atoms with Crippen molar-refractivity contribution < 1.29 is 9.13 Å². The Morgan fingerprint density at radius 2 is 2.20 bits per heavy atom. The molecule has 20 heavy (non-hydrogen) atoms. The highest BCUT2D eigenvalue weighted by molar-refractivity contribution is 5.82. The molecule has 1 aromatic rings. The van der Waals surface area contributed by atoms with E-state index in [4.69, 9.17) is 10.5 Å². The summed E-state index contributed by atoms with van der Waals surface area (Å²) in [6, 6.07) is 5.78. The molecule has 1 unspecified atom stereocenters. The zero-order valence-corrected chi connectivity index (χ0v) is 11.9. The molecule has 4 nitrogen and oxygen atoms in total. The summed E-state index contributed by atoms with van der Waals surface area (Å²) >= 11 is 0. The molecule has 5 heteroatoms. The van der Waals surface area contributed by atoms with E-state index in [1.54, 1.807) is 0 Å². The highest BCUT2D eigenvalue weighted by atomic mass is 19.1. The van der Waals surface area contributed by atoms with Crippen LogP contribution in [-0.4, -0.2) is 32.1 Å². The number of amidine groups is 1. The fourth-order valence-electron chi connectivity index (χ4n) is 2.69. The number of rotatable bonds is 3. The van der Waals surface area contributed by atoms with Crippen molar-refractivity contribution in [3.8, 4) is 0 Å². The molecule has 0 radical (unpaired) electrons. The van der Waals surface area contributed by atoms with E-state index in [1.165, 1.54) is 18.9 Å². The van der Waals surface area contributed by atoms with Crippen LogP contribution >= 0.6 is 0 Å². The average molecular weight is 277 g/mol. The quantitative estimate of drug-likeness (QED) is 0.919. The Labute approximate surface area is 118 Å². The van der Waals surface area contributed by atoms with Crippen molar-refractivity contribution in [2.24, 2.45) is 10.7 Å². The minimum atomic E-state index is -0.743. The summed E-state index contributed by atoms with van der Waals surface area (Å²) in [6.45, 7) is 2.53. The maximum absolute atomic E-state index is 14.2. The number of hydrogen-bond donors (Lipinski definition) is 1. The first-order valence-electron chi connectivity index (χ1n) is 6.94. The Morgan fingerprint density at radius 1 is 1.45 bits per heavy atom. The van der Waals surface area contributed by atoms with Gasteiger partial charge in [-0.2, -0.15) is 0 Å². The lowest BCUT2D eigenvalue weighted by Crippen LogP contribution is -2.38. The fraction of sp³-hybridized carbons (Fsp3) is 0.533. The van der Waals surface area contributed by atoms with Crippen molar-refractivity contribution in [3.05, 3.63) is 29.6 Å². The maximum atomic E-state index is 14.2. The Hall–Kier alpha value is -1.62. The highest BCUT2D eigenvalue weighted by Gasteiger charge is 2.34. The van der Waals surface area contributed by atoms with E-state index in [0.29, 0.717) is 30.7 Å². The van der Waals surface area contributed by atoms with Gasteiger partial charge in [0.05, 0.1) is 6.61 Å². The number of halogens is 1. The van der Waals surface area contributed by atoms with Crippen molar-refractivity contribution in [1.82, 2.24) is 0 Å². The van der Waals surface area contributed by atoms with Crippen molar-refractivity contribution in [1.29, 1.82) is 0 Å². The number of ether oxygens (including phenoxy) is 1. The first-order valence-corrected chi connectivity index (χ1v) is 6.94. The molecule has 1 saturated carbocycles. The molecule has 2 N–H and O–H groups in total. The van der Waals surface area contributed by atoms with E-state index in [-0.39, 0.29) is 5.82 Å². The second-order valence-corrected chi connectivity index (χ2v) is 5.88. The van der Waals surface area contributed by atoms with Crippen LogP contribution in [0.15, 0.2) is 23.2 Å². The SMILES string of the molecule is CN(c1ccc(F)c(C2(C)COCC(N)=N2)c1)C1CC1. The van der Waals surface area contributed by atoms with Crippen LogP contribution in [0.25, 0.3) is 0 Å². The van der Waals surface area contributed by atoms with Crippen molar-refractivity contribution in [3.63, 3.8) is 0 Å². The molecule has 1 fully saturated rings. The Morgan fingerprint density at radius 3 is 2.85 bits per heavy atom. The summed E-state index contributed by atoms with van der Waals surface area (Å²) in [4.78, 5) is 6.61. The topological polar surface area (TPSA) is 50.9 Å². The van der Waals surface area contributed by atoms with Crippen LogP contribution in [0.3, 0.4) is 0 Å². The van der Waals surface area contributed by atoms with E-state index in [1.807, 2.05) is 26.1 Å². The monoisotopic (exact) mass is 277 g/mol. The molecular formula is C15H20FN3O. The Kier molecular flexibility index (Phi) is 3.17. The largest absolute Gasteiger partial charge is 0.386 e. The third-order valence-electron chi connectivity index (χ3n) is 4.06. The minimum Gasteiger partial charge on any atom is -0.386 e. The molecular weight excluding hydrogens is 257 g/mol. The molecule has 1 aliphatic carbocycles. The average Bonchev–Trinajstić information content (AvgIpc) is 3.22. The van der Waals surface area contributed by atoms with Crippen LogP contribution in [0.2, 0.25) is 0 Å². The van der Waals surface area contributed by atoms with Crippen LogP contribution < -0.4 is 10.6 Å². The third-order valence-corrected chi connectivity index (χ3v) is 4.06. The standard InChI is InChI=1S/C15H20FN3O/c1-15(9-20-8-14(17)18-15)12-7-11(5-6-13(12)16)19(2)10-3-4-10/h5-7,10H,3-4,8-9H2,1-2H3,(H2,17,18). The molecule has 0 spiro atoms. The van der Waals surface area contributed by atoms with Crippen LogP contribution in [0.5, 0.6) is 0 Å².